The van der Waals surface area contributed by atoms with Crippen molar-refractivity contribution in [2.24, 2.45) is 10.2 Å². The van der Waals surface area contributed by atoms with Crippen molar-refractivity contribution in [3.63, 3.8) is 0 Å². The Labute approximate surface area is 193 Å². The Kier molecular flexibility index (Phi) is 6.06. The molecule has 0 fully saturated rings. The van der Waals surface area contributed by atoms with Gasteiger partial charge >= 0.3 is 0 Å². The minimum Gasteiger partial charge on any atom is -0.493 e. The number of hydrogen-bond donors (Lipinski definition) is 2. The Balaban J connectivity index is 1.66. The van der Waals surface area contributed by atoms with Crippen molar-refractivity contribution in [3.05, 3.63) is 88.5 Å². The Morgan fingerprint density at radius 3 is 2.31 bits per heavy atom. The number of aryl methyl sites for hydroxylation is 4. The first-order valence-electron chi connectivity index (χ1n) is 10.5. The van der Waals surface area contributed by atoms with Crippen LogP contribution in [0.2, 0.25) is 0 Å². The van der Waals surface area contributed by atoms with Crippen LogP contribution in [0.5, 0.6) is 5.88 Å². The minimum absolute atomic E-state index is 0.0729. The predicted octanol–water partition coefficient (Wildman–Crippen LogP) is 7.11. The second kappa shape index (κ2) is 8.93. The summed E-state index contributed by atoms with van der Waals surface area (Å²) in [7, 11) is 0. The van der Waals surface area contributed by atoms with Crippen LogP contribution in [0.15, 0.2) is 70.9 Å². The number of anilines is 1. The van der Waals surface area contributed by atoms with Gasteiger partial charge in [0, 0.05) is 11.1 Å². The average Bonchev–Trinajstić information content (AvgIpc) is 3.02. The van der Waals surface area contributed by atoms with E-state index in [1.165, 1.54) is 11.1 Å². The van der Waals surface area contributed by atoms with Crippen LogP contribution in [0, 0.1) is 27.7 Å². The zero-order valence-corrected chi connectivity index (χ0v) is 19.5. The molecular weight excluding hydrogens is 416 g/mol. The van der Waals surface area contributed by atoms with E-state index in [2.05, 4.69) is 53.7 Å². The fourth-order valence-corrected chi connectivity index (χ4v) is 4.24. The Morgan fingerprint density at radius 1 is 0.938 bits per heavy atom. The summed E-state index contributed by atoms with van der Waals surface area (Å²) in [4.78, 5) is 0. The zero-order valence-electron chi connectivity index (χ0n) is 18.7. The molecule has 6 heteroatoms. The van der Waals surface area contributed by atoms with Gasteiger partial charge in [0.05, 0.1) is 12.1 Å². The number of hydrogen-bond acceptors (Lipinski definition) is 3. The number of fused-ring (bicyclic) bond motifs is 1. The molecular formula is C26H26N4OS. The molecule has 0 bridgehead atoms. The lowest BCUT2D eigenvalue weighted by Crippen LogP contribution is -2.08. The Bertz CT molecular complexity index is 1330. The van der Waals surface area contributed by atoms with Gasteiger partial charge in [0.2, 0.25) is 11.0 Å². The molecule has 4 aromatic rings. The molecule has 0 unspecified atom stereocenters. The maximum absolute atomic E-state index is 11.0. The van der Waals surface area contributed by atoms with E-state index in [4.69, 9.17) is 12.2 Å². The van der Waals surface area contributed by atoms with Crippen molar-refractivity contribution < 1.29 is 5.11 Å². The summed E-state index contributed by atoms with van der Waals surface area (Å²) in [5, 5.41) is 23.8. The molecule has 0 amide bonds. The van der Waals surface area contributed by atoms with Crippen LogP contribution in [0.3, 0.4) is 0 Å². The lowest BCUT2D eigenvalue weighted by molar-refractivity contribution is 0.429. The molecule has 3 aromatic carbocycles. The highest BCUT2D eigenvalue weighted by Crippen LogP contribution is 2.39. The largest absolute Gasteiger partial charge is 0.493 e. The van der Waals surface area contributed by atoms with E-state index in [9.17, 15) is 5.11 Å². The molecule has 0 radical (unpaired) electrons. The quantitative estimate of drug-likeness (QED) is 0.261. The van der Waals surface area contributed by atoms with Crippen LogP contribution >= 0.6 is 12.2 Å². The standard InChI is InChI=1S/C26H26N4OS/c1-16-13-18(3)23(19(4)14-16)27-26(32)29-28-24-21-11-7-8-12-22(21)30(25(24)31)15-20-10-6-5-9-17(20)2/h5-14,31H,15H2,1-4H3,(H,27,32). The van der Waals surface area contributed by atoms with Gasteiger partial charge in [0.1, 0.15) is 0 Å². The first-order chi connectivity index (χ1) is 15.3. The Morgan fingerprint density at radius 2 is 1.59 bits per heavy atom. The molecule has 162 valence electrons. The van der Waals surface area contributed by atoms with Gasteiger partial charge in [-0.25, -0.2) is 0 Å². The van der Waals surface area contributed by atoms with Gasteiger partial charge in [0.15, 0.2) is 5.69 Å². The van der Waals surface area contributed by atoms with Gasteiger partial charge in [0.25, 0.3) is 0 Å². The molecule has 32 heavy (non-hydrogen) atoms. The third kappa shape index (κ3) is 4.27. The van der Waals surface area contributed by atoms with E-state index in [-0.39, 0.29) is 11.0 Å². The molecule has 0 saturated heterocycles. The Hall–Kier alpha value is -3.51. The van der Waals surface area contributed by atoms with Crippen LogP contribution in [-0.4, -0.2) is 14.8 Å². The lowest BCUT2D eigenvalue weighted by atomic mass is 10.1. The molecule has 0 aliphatic rings. The van der Waals surface area contributed by atoms with E-state index in [0.29, 0.717) is 12.2 Å². The van der Waals surface area contributed by atoms with Gasteiger partial charge < -0.3 is 15.0 Å². The first kappa shape index (κ1) is 21.7. The van der Waals surface area contributed by atoms with Gasteiger partial charge in [-0.2, -0.15) is 0 Å². The second-order valence-corrected chi connectivity index (χ2v) is 8.49. The number of thiocarbonyl (C=S) groups is 1. The number of nitrogens with one attached hydrogen (secondary N) is 1. The van der Waals surface area contributed by atoms with Crippen molar-refractivity contribution in [1.82, 2.24) is 4.57 Å². The molecule has 0 aliphatic carbocycles. The van der Waals surface area contributed by atoms with Crippen molar-refractivity contribution in [2.75, 3.05) is 5.32 Å². The van der Waals surface area contributed by atoms with E-state index in [1.54, 1.807) is 0 Å². The highest BCUT2D eigenvalue weighted by molar-refractivity contribution is 7.80. The number of rotatable bonds is 4. The first-order valence-corrected chi connectivity index (χ1v) is 10.9. The zero-order chi connectivity index (χ0) is 22.8. The molecule has 0 atom stereocenters. The third-order valence-corrected chi connectivity index (χ3v) is 5.84. The molecule has 2 N–H and O–H groups in total. The smallest absolute Gasteiger partial charge is 0.221 e. The molecule has 0 aliphatic heterocycles. The van der Waals surface area contributed by atoms with Gasteiger partial charge in [-0.05, 0) is 68.2 Å². The van der Waals surface area contributed by atoms with Crippen LogP contribution in [0.4, 0.5) is 11.4 Å². The summed E-state index contributed by atoms with van der Waals surface area (Å²) in [5.41, 5.74) is 7.93. The number of para-hydroxylation sites is 1. The predicted molar refractivity (Wildman–Crippen MR) is 135 cm³/mol. The van der Waals surface area contributed by atoms with Gasteiger partial charge in [-0.1, -0.05) is 60.2 Å². The number of benzene rings is 3. The summed E-state index contributed by atoms with van der Waals surface area (Å²) in [6.07, 6.45) is 0. The van der Waals surface area contributed by atoms with Crippen LogP contribution in [-0.2, 0) is 6.54 Å². The second-order valence-electron chi connectivity index (χ2n) is 8.11. The van der Waals surface area contributed by atoms with E-state index >= 15 is 0 Å². The number of azo groups is 1. The van der Waals surface area contributed by atoms with Crippen molar-refractivity contribution >= 4 is 39.6 Å². The highest BCUT2D eigenvalue weighted by Gasteiger charge is 2.17. The highest BCUT2D eigenvalue weighted by atomic mass is 32.1. The van der Waals surface area contributed by atoms with Crippen LogP contribution < -0.4 is 5.32 Å². The maximum Gasteiger partial charge on any atom is 0.221 e. The van der Waals surface area contributed by atoms with E-state index in [0.717, 1.165) is 33.3 Å². The minimum atomic E-state index is 0.0729. The SMILES string of the molecule is Cc1cc(C)c(NC(=S)N=Nc2c(O)n(Cc3ccccc3C)c3ccccc23)c(C)c1. The number of nitrogens with zero attached hydrogens (tertiary/aromatic N) is 3. The monoisotopic (exact) mass is 442 g/mol. The molecule has 5 nitrogen and oxygen atoms in total. The number of aromatic hydroxyl groups is 1. The molecule has 0 spiro atoms. The fraction of sp³-hybridized carbons (Fsp3) is 0.192. The molecule has 1 aromatic heterocycles. The molecule has 1 heterocycles. The van der Waals surface area contributed by atoms with Gasteiger partial charge in [-0.3, -0.25) is 0 Å². The summed E-state index contributed by atoms with van der Waals surface area (Å²) >= 11 is 5.42. The topological polar surface area (TPSA) is 61.9 Å². The maximum atomic E-state index is 11.0. The van der Waals surface area contributed by atoms with Crippen molar-refractivity contribution in [2.45, 2.75) is 34.2 Å². The van der Waals surface area contributed by atoms with Crippen LogP contribution in [0.25, 0.3) is 10.9 Å². The van der Waals surface area contributed by atoms with E-state index in [1.807, 2.05) is 54.8 Å². The molecule has 4 rings (SSSR count). The van der Waals surface area contributed by atoms with Gasteiger partial charge in [-0.15, -0.1) is 10.2 Å². The fourth-order valence-electron chi connectivity index (χ4n) is 4.09. The summed E-state index contributed by atoms with van der Waals surface area (Å²) in [6, 6.07) is 20.1. The van der Waals surface area contributed by atoms with Crippen molar-refractivity contribution in [3.8, 4) is 5.88 Å². The third-order valence-electron chi connectivity index (χ3n) is 5.66. The number of aromatic nitrogens is 1. The molecule has 0 saturated carbocycles. The van der Waals surface area contributed by atoms with E-state index < -0.39 is 0 Å². The van der Waals surface area contributed by atoms with Crippen LogP contribution in [0.1, 0.15) is 27.8 Å². The lowest BCUT2D eigenvalue weighted by Gasteiger charge is -2.12. The normalized spacial score (nSPS) is 11.4. The summed E-state index contributed by atoms with van der Waals surface area (Å²) in [6.45, 7) is 8.74. The average molecular weight is 443 g/mol. The summed E-state index contributed by atoms with van der Waals surface area (Å²) < 4.78 is 1.86. The van der Waals surface area contributed by atoms with Crippen molar-refractivity contribution in [1.29, 1.82) is 0 Å². The summed E-state index contributed by atoms with van der Waals surface area (Å²) in [5.74, 6) is 0.0729.